The molecule has 2 rings (SSSR count). The lowest BCUT2D eigenvalue weighted by Gasteiger charge is -2.03. The molecule has 0 spiro atoms. The maximum absolute atomic E-state index is 11.1. The fourth-order valence-electron chi connectivity index (χ4n) is 1.58. The van der Waals surface area contributed by atoms with E-state index in [1.54, 1.807) is 37.4 Å². The average molecular weight is 261 g/mol. The molecule has 0 radical (unpaired) electrons. The fraction of sp³-hybridized carbons (Fsp3) is 0.286. The van der Waals surface area contributed by atoms with E-state index < -0.39 is 0 Å². The van der Waals surface area contributed by atoms with Crippen LogP contribution >= 0.6 is 0 Å². The minimum absolute atomic E-state index is 0.0345. The summed E-state index contributed by atoms with van der Waals surface area (Å²) in [6.45, 7) is 2.23. The summed E-state index contributed by atoms with van der Waals surface area (Å²) in [5.41, 5.74) is 1.36. The van der Waals surface area contributed by atoms with Gasteiger partial charge in [-0.25, -0.2) is 0 Å². The third-order valence-electron chi connectivity index (χ3n) is 2.54. The lowest BCUT2D eigenvalue weighted by atomic mass is 10.1. The Labute approximate surface area is 111 Å². The highest BCUT2D eigenvalue weighted by molar-refractivity contribution is 5.94. The number of methoxy groups -OCH3 is 1. The van der Waals surface area contributed by atoms with E-state index in [1.165, 1.54) is 6.92 Å². The molecule has 1 aromatic heterocycles. The summed E-state index contributed by atoms with van der Waals surface area (Å²) in [6, 6.07) is 8.76. The van der Waals surface area contributed by atoms with Crippen LogP contribution in [0.1, 0.15) is 28.7 Å². The Kier molecular flexibility index (Phi) is 4.30. The van der Waals surface area contributed by atoms with Crippen molar-refractivity contribution in [2.45, 2.75) is 20.1 Å². The topological polar surface area (TPSA) is 61.6 Å². The molecule has 0 saturated carbocycles. The third-order valence-corrected chi connectivity index (χ3v) is 2.54. The van der Waals surface area contributed by atoms with Crippen molar-refractivity contribution in [2.24, 2.45) is 0 Å². The van der Waals surface area contributed by atoms with Gasteiger partial charge in [0.2, 0.25) is 0 Å². The van der Waals surface area contributed by atoms with Gasteiger partial charge in [0.15, 0.2) is 11.5 Å². The van der Waals surface area contributed by atoms with E-state index in [-0.39, 0.29) is 5.78 Å². The van der Waals surface area contributed by atoms with E-state index in [1.807, 2.05) is 0 Å². The van der Waals surface area contributed by atoms with Crippen LogP contribution in [0.3, 0.4) is 0 Å². The molecule has 19 heavy (non-hydrogen) atoms. The molecule has 0 unspecified atom stereocenters. The number of Topliss-reactive ketones (excluding diaryl/α,β-unsaturated/α-hetero) is 1. The van der Waals surface area contributed by atoms with E-state index in [0.29, 0.717) is 36.0 Å². The van der Waals surface area contributed by atoms with Gasteiger partial charge in [0, 0.05) is 18.7 Å². The first-order valence-electron chi connectivity index (χ1n) is 5.86. The molecule has 0 amide bonds. The molecule has 1 aromatic carbocycles. The van der Waals surface area contributed by atoms with Gasteiger partial charge in [0.1, 0.15) is 24.7 Å². The molecular formula is C14H15NO4. The van der Waals surface area contributed by atoms with E-state index in [9.17, 15) is 4.79 Å². The van der Waals surface area contributed by atoms with Crippen molar-refractivity contribution in [3.05, 3.63) is 47.3 Å². The van der Waals surface area contributed by atoms with Gasteiger partial charge in [-0.3, -0.25) is 4.79 Å². The highest BCUT2D eigenvalue weighted by Gasteiger charge is 2.05. The quantitative estimate of drug-likeness (QED) is 0.748. The standard InChI is InChI=1S/C14H15NO4/c1-10(16)11-3-5-13(6-4-11)18-8-12-7-14(9-17-2)19-15-12/h3-7H,8-9H2,1-2H3. The summed E-state index contributed by atoms with van der Waals surface area (Å²) in [5, 5.41) is 3.86. The maximum atomic E-state index is 11.1. The lowest BCUT2D eigenvalue weighted by molar-refractivity contribution is 0.101. The molecule has 0 saturated heterocycles. The molecule has 0 bridgehead atoms. The maximum Gasteiger partial charge on any atom is 0.162 e. The fourth-order valence-corrected chi connectivity index (χ4v) is 1.58. The van der Waals surface area contributed by atoms with Crippen molar-refractivity contribution in [1.82, 2.24) is 5.16 Å². The number of hydrogen-bond acceptors (Lipinski definition) is 5. The van der Waals surface area contributed by atoms with Gasteiger partial charge in [-0.05, 0) is 31.2 Å². The summed E-state index contributed by atoms with van der Waals surface area (Å²) >= 11 is 0. The molecule has 5 nitrogen and oxygen atoms in total. The number of carbonyl (C=O) groups is 1. The summed E-state index contributed by atoms with van der Waals surface area (Å²) in [4.78, 5) is 11.1. The van der Waals surface area contributed by atoms with Crippen LogP contribution in [-0.2, 0) is 18.0 Å². The number of carbonyl (C=O) groups excluding carboxylic acids is 1. The van der Waals surface area contributed by atoms with Crippen molar-refractivity contribution in [2.75, 3.05) is 7.11 Å². The average Bonchev–Trinajstić information content (AvgIpc) is 2.85. The van der Waals surface area contributed by atoms with E-state index in [4.69, 9.17) is 14.0 Å². The van der Waals surface area contributed by atoms with Gasteiger partial charge in [-0.15, -0.1) is 0 Å². The van der Waals surface area contributed by atoms with Crippen molar-refractivity contribution in [3.8, 4) is 5.75 Å². The predicted molar refractivity (Wildman–Crippen MR) is 68.0 cm³/mol. The second kappa shape index (κ2) is 6.15. The molecule has 0 aliphatic carbocycles. The minimum Gasteiger partial charge on any atom is -0.487 e. The van der Waals surface area contributed by atoms with Crippen LogP contribution in [0.15, 0.2) is 34.9 Å². The van der Waals surface area contributed by atoms with Gasteiger partial charge in [-0.1, -0.05) is 5.16 Å². The first-order valence-corrected chi connectivity index (χ1v) is 5.86. The van der Waals surface area contributed by atoms with Crippen molar-refractivity contribution < 1.29 is 18.8 Å². The molecule has 100 valence electrons. The Morgan fingerprint density at radius 2 is 2.00 bits per heavy atom. The highest BCUT2D eigenvalue weighted by atomic mass is 16.5. The summed E-state index contributed by atoms with van der Waals surface area (Å²) < 4.78 is 15.5. The monoisotopic (exact) mass is 261 g/mol. The van der Waals surface area contributed by atoms with Crippen molar-refractivity contribution in [3.63, 3.8) is 0 Å². The second-order valence-corrected chi connectivity index (χ2v) is 4.09. The molecule has 0 fully saturated rings. The SMILES string of the molecule is COCc1cc(COc2ccc(C(C)=O)cc2)no1. The second-order valence-electron chi connectivity index (χ2n) is 4.09. The van der Waals surface area contributed by atoms with E-state index in [0.717, 1.165) is 0 Å². The van der Waals surface area contributed by atoms with Crippen LogP contribution < -0.4 is 4.74 Å². The smallest absolute Gasteiger partial charge is 0.162 e. The molecule has 2 aromatic rings. The largest absolute Gasteiger partial charge is 0.487 e. The van der Waals surface area contributed by atoms with Gasteiger partial charge in [0.05, 0.1) is 0 Å². The Morgan fingerprint density at radius 3 is 2.63 bits per heavy atom. The molecule has 0 atom stereocenters. The molecule has 0 aliphatic heterocycles. The molecule has 5 heteroatoms. The number of rotatable bonds is 6. The number of benzene rings is 1. The highest BCUT2D eigenvalue weighted by Crippen LogP contribution is 2.15. The minimum atomic E-state index is 0.0345. The predicted octanol–water partition coefficient (Wildman–Crippen LogP) is 2.60. The molecule has 0 aliphatic rings. The molecule has 0 N–H and O–H groups in total. The Morgan fingerprint density at radius 1 is 1.26 bits per heavy atom. The first kappa shape index (κ1) is 13.3. The summed E-state index contributed by atoms with van der Waals surface area (Å²) in [7, 11) is 1.59. The van der Waals surface area contributed by atoms with Gasteiger partial charge in [-0.2, -0.15) is 0 Å². The molecule has 1 heterocycles. The van der Waals surface area contributed by atoms with E-state index >= 15 is 0 Å². The zero-order valence-corrected chi connectivity index (χ0v) is 10.9. The number of ether oxygens (including phenoxy) is 2. The normalized spacial score (nSPS) is 10.4. The zero-order chi connectivity index (χ0) is 13.7. The number of aromatic nitrogens is 1. The number of nitrogens with zero attached hydrogens (tertiary/aromatic N) is 1. The van der Waals surface area contributed by atoms with Gasteiger partial charge >= 0.3 is 0 Å². The zero-order valence-electron chi connectivity index (χ0n) is 10.9. The molecular weight excluding hydrogens is 246 g/mol. The number of ketones is 1. The summed E-state index contributed by atoms with van der Waals surface area (Å²) in [5.74, 6) is 1.38. The Bertz CT molecular complexity index is 545. The van der Waals surface area contributed by atoms with Crippen LogP contribution in [-0.4, -0.2) is 18.0 Å². The van der Waals surface area contributed by atoms with Crippen LogP contribution in [0, 0.1) is 0 Å². The van der Waals surface area contributed by atoms with Crippen molar-refractivity contribution >= 4 is 5.78 Å². The third kappa shape index (κ3) is 3.66. The van der Waals surface area contributed by atoms with Gasteiger partial charge in [0.25, 0.3) is 0 Å². The van der Waals surface area contributed by atoms with Crippen LogP contribution in [0.5, 0.6) is 5.75 Å². The van der Waals surface area contributed by atoms with Crippen LogP contribution in [0.25, 0.3) is 0 Å². The lowest BCUT2D eigenvalue weighted by Crippen LogP contribution is -1.96. The van der Waals surface area contributed by atoms with Crippen LogP contribution in [0.2, 0.25) is 0 Å². The van der Waals surface area contributed by atoms with E-state index in [2.05, 4.69) is 5.16 Å². The first-order chi connectivity index (χ1) is 9.19. The van der Waals surface area contributed by atoms with Crippen LogP contribution in [0.4, 0.5) is 0 Å². The Hall–Kier alpha value is -2.14. The van der Waals surface area contributed by atoms with Gasteiger partial charge < -0.3 is 14.0 Å². The Balaban J connectivity index is 1.92. The number of hydrogen-bond donors (Lipinski definition) is 0. The van der Waals surface area contributed by atoms with Crippen molar-refractivity contribution in [1.29, 1.82) is 0 Å². The summed E-state index contributed by atoms with van der Waals surface area (Å²) in [6.07, 6.45) is 0.